The molecule has 5 nitrogen and oxygen atoms in total. The van der Waals surface area contributed by atoms with Crippen LogP contribution in [-0.2, 0) is 17.6 Å². The normalized spacial score (nSPS) is 24.7. The zero-order valence-corrected chi connectivity index (χ0v) is 14.2. The number of anilines is 1. The number of aromatic nitrogens is 2. The third-order valence-electron chi connectivity index (χ3n) is 5.20. The number of amides is 1. The number of hydrogen-bond acceptors (Lipinski definition) is 5. The van der Waals surface area contributed by atoms with Crippen LogP contribution in [0.2, 0.25) is 0 Å². The number of nitrogens with zero attached hydrogens (tertiary/aromatic N) is 3. The molecule has 23 heavy (non-hydrogen) atoms. The van der Waals surface area contributed by atoms with E-state index in [1.165, 1.54) is 22.2 Å². The molecule has 2 aliphatic rings. The van der Waals surface area contributed by atoms with Gasteiger partial charge in [0.15, 0.2) is 0 Å². The lowest BCUT2D eigenvalue weighted by molar-refractivity contribution is -0.122. The third-order valence-corrected chi connectivity index (χ3v) is 6.36. The summed E-state index contributed by atoms with van der Waals surface area (Å²) in [4.78, 5) is 25.5. The van der Waals surface area contributed by atoms with Crippen molar-refractivity contribution in [2.24, 2.45) is 17.6 Å². The predicted molar refractivity (Wildman–Crippen MR) is 92.7 cm³/mol. The van der Waals surface area contributed by atoms with E-state index in [1.54, 1.807) is 6.33 Å². The van der Waals surface area contributed by atoms with Crippen LogP contribution >= 0.6 is 11.3 Å². The van der Waals surface area contributed by atoms with E-state index in [4.69, 9.17) is 5.73 Å². The van der Waals surface area contributed by atoms with Crippen molar-refractivity contribution in [1.82, 2.24) is 9.97 Å². The van der Waals surface area contributed by atoms with E-state index in [2.05, 4.69) is 21.8 Å². The summed E-state index contributed by atoms with van der Waals surface area (Å²) < 4.78 is 0. The molecule has 1 aliphatic carbocycles. The van der Waals surface area contributed by atoms with E-state index < -0.39 is 0 Å². The van der Waals surface area contributed by atoms with Gasteiger partial charge in [0.25, 0.3) is 0 Å². The fourth-order valence-corrected chi connectivity index (χ4v) is 5.24. The third kappa shape index (κ3) is 2.59. The van der Waals surface area contributed by atoms with Gasteiger partial charge in [-0.15, -0.1) is 11.3 Å². The van der Waals surface area contributed by atoms with Gasteiger partial charge in [-0.25, -0.2) is 9.97 Å². The molecule has 4 rings (SSSR count). The first-order valence-corrected chi connectivity index (χ1v) is 9.24. The highest BCUT2D eigenvalue weighted by atomic mass is 32.1. The fraction of sp³-hybridized carbons (Fsp3) is 0.588. The Morgan fingerprint density at radius 3 is 3.09 bits per heavy atom. The van der Waals surface area contributed by atoms with Gasteiger partial charge in [-0.2, -0.15) is 0 Å². The maximum absolute atomic E-state index is 11.6. The molecule has 122 valence electrons. The predicted octanol–water partition coefficient (Wildman–Crippen LogP) is 2.52. The molecule has 0 aromatic carbocycles. The number of piperidine rings is 1. The molecule has 1 saturated heterocycles. The zero-order chi connectivity index (χ0) is 16.0. The highest BCUT2D eigenvalue weighted by molar-refractivity contribution is 7.19. The van der Waals surface area contributed by atoms with Crippen LogP contribution in [0.15, 0.2) is 6.33 Å². The number of carbonyl (C=O) groups excluding carboxylic acids is 1. The van der Waals surface area contributed by atoms with Gasteiger partial charge < -0.3 is 10.6 Å². The number of thiophene rings is 1. The summed E-state index contributed by atoms with van der Waals surface area (Å²) in [6, 6.07) is 0. The second-order valence-electron chi connectivity index (χ2n) is 6.92. The first-order valence-electron chi connectivity index (χ1n) is 8.43. The second kappa shape index (κ2) is 5.74. The van der Waals surface area contributed by atoms with Crippen LogP contribution in [-0.4, -0.2) is 29.0 Å². The molecule has 0 bridgehead atoms. The molecule has 0 unspecified atom stereocenters. The molecule has 2 aromatic heterocycles. The van der Waals surface area contributed by atoms with Crippen molar-refractivity contribution >= 4 is 33.3 Å². The summed E-state index contributed by atoms with van der Waals surface area (Å²) in [6.07, 6.45) is 7.04. The molecule has 1 fully saturated rings. The fourth-order valence-electron chi connectivity index (χ4n) is 3.90. The second-order valence-corrected chi connectivity index (χ2v) is 8.00. The number of primary amides is 1. The van der Waals surface area contributed by atoms with Crippen molar-refractivity contribution in [3.05, 3.63) is 16.8 Å². The number of nitrogens with two attached hydrogens (primary N) is 1. The number of carbonyl (C=O) groups is 1. The molecule has 2 aromatic rings. The standard InChI is InChI=1S/C17H22N4OS/c1-10-4-5-12-13(7-10)23-17-14(12)16(19-9-20-17)21-6-2-3-11(8-21)15(18)22/h9-11H,2-8H2,1H3,(H2,18,22)/t10-,11-/m1/s1. The molecule has 2 N–H and O–H groups in total. The van der Waals surface area contributed by atoms with Crippen LogP contribution < -0.4 is 10.6 Å². The summed E-state index contributed by atoms with van der Waals surface area (Å²) in [5, 5.41) is 1.23. The lowest BCUT2D eigenvalue weighted by atomic mass is 9.89. The Balaban J connectivity index is 1.77. The van der Waals surface area contributed by atoms with Gasteiger partial charge in [0.05, 0.1) is 11.3 Å². The maximum atomic E-state index is 11.6. The molecule has 0 saturated carbocycles. The van der Waals surface area contributed by atoms with Crippen molar-refractivity contribution in [3.63, 3.8) is 0 Å². The zero-order valence-electron chi connectivity index (χ0n) is 13.4. The van der Waals surface area contributed by atoms with Gasteiger partial charge in [0, 0.05) is 18.0 Å². The Morgan fingerprint density at radius 1 is 1.39 bits per heavy atom. The smallest absolute Gasteiger partial charge is 0.222 e. The van der Waals surface area contributed by atoms with E-state index in [9.17, 15) is 4.79 Å². The van der Waals surface area contributed by atoms with Crippen LogP contribution in [0.1, 0.15) is 36.6 Å². The molecular formula is C17H22N4OS. The summed E-state index contributed by atoms with van der Waals surface area (Å²) in [5.74, 6) is 1.50. The SMILES string of the molecule is C[C@@H]1CCc2c(sc3ncnc(N4CCC[C@@H](C(N)=O)C4)c23)C1. The van der Waals surface area contributed by atoms with Crippen molar-refractivity contribution in [2.45, 2.75) is 39.0 Å². The monoisotopic (exact) mass is 330 g/mol. The van der Waals surface area contributed by atoms with E-state index in [-0.39, 0.29) is 11.8 Å². The number of hydrogen-bond donors (Lipinski definition) is 1. The highest BCUT2D eigenvalue weighted by Gasteiger charge is 2.29. The Kier molecular flexibility index (Phi) is 3.71. The minimum Gasteiger partial charge on any atom is -0.369 e. The highest BCUT2D eigenvalue weighted by Crippen LogP contribution is 2.41. The molecule has 3 heterocycles. The Hall–Kier alpha value is -1.69. The average Bonchev–Trinajstić information content (AvgIpc) is 2.92. The summed E-state index contributed by atoms with van der Waals surface area (Å²) in [6.45, 7) is 3.95. The van der Waals surface area contributed by atoms with Gasteiger partial charge in [-0.05, 0) is 43.6 Å². The van der Waals surface area contributed by atoms with Crippen LogP contribution in [0.4, 0.5) is 5.82 Å². The van der Waals surface area contributed by atoms with Crippen LogP contribution in [0.5, 0.6) is 0 Å². The van der Waals surface area contributed by atoms with Crippen molar-refractivity contribution in [3.8, 4) is 0 Å². The molecule has 0 spiro atoms. The van der Waals surface area contributed by atoms with Gasteiger partial charge in [-0.1, -0.05) is 6.92 Å². The van der Waals surface area contributed by atoms with Gasteiger partial charge in [0.2, 0.25) is 5.91 Å². The summed E-state index contributed by atoms with van der Waals surface area (Å²) in [7, 11) is 0. The van der Waals surface area contributed by atoms with E-state index >= 15 is 0 Å². The van der Waals surface area contributed by atoms with E-state index in [1.807, 2.05) is 11.3 Å². The van der Waals surface area contributed by atoms with Crippen molar-refractivity contribution in [2.75, 3.05) is 18.0 Å². The van der Waals surface area contributed by atoms with Gasteiger partial charge in [-0.3, -0.25) is 4.79 Å². The van der Waals surface area contributed by atoms with Crippen LogP contribution in [0.25, 0.3) is 10.2 Å². The van der Waals surface area contributed by atoms with Crippen LogP contribution in [0, 0.1) is 11.8 Å². The van der Waals surface area contributed by atoms with E-state index in [0.29, 0.717) is 6.54 Å². The number of fused-ring (bicyclic) bond motifs is 3. The molecule has 0 radical (unpaired) electrons. The molecule has 1 aliphatic heterocycles. The number of aryl methyl sites for hydroxylation is 1. The Morgan fingerprint density at radius 2 is 2.26 bits per heavy atom. The van der Waals surface area contributed by atoms with Crippen molar-refractivity contribution in [1.29, 1.82) is 0 Å². The van der Waals surface area contributed by atoms with E-state index in [0.717, 1.165) is 48.8 Å². The Labute approximate surface area is 139 Å². The average molecular weight is 330 g/mol. The van der Waals surface area contributed by atoms with Gasteiger partial charge in [0.1, 0.15) is 17.0 Å². The first kappa shape index (κ1) is 14.9. The summed E-state index contributed by atoms with van der Waals surface area (Å²) in [5.41, 5.74) is 6.97. The number of rotatable bonds is 2. The molecule has 6 heteroatoms. The summed E-state index contributed by atoms with van der Waals surface area (Å²) >= 11 is 1.82. The van der Waals surface area contributed by atoms with Crippen molar-refractivity contribution < 1.29 is 4.79 Å². The Bertz CT molecular complexity index is 756. The lowest BCUT2D eigenvalue weighted by Crippen LogP contribution is -2.41. The largest absolute Gasteiger partial charge is 0.369 e. The maximum Gasteiger partial charge on any atom is 0.222 e. The molecule has 1 amide bonds. The molecular weight excluding hydrogens is 308 g/mol. The quantitative estimate of drug-likeness (QED) is 0.918. The topological polar surface area (TPSA) is 72.1 Å². The minimum absolute atomic E-state index is 0.0664. The molecule has 2 atom stereocenters. The van der Waals surface area contributed by atoms with Gasteiger partial charge >= 0.3 is 0 Å². The van der Waals surface area contributed by atoms with Crippen LogP contribution in [0.3, 0.4) is 0 Å². The lowest BCUT2D eigenvalue weighted by Gasteiger charge is -2.32. The minimum atomic E-state index is -0.193. The first-order chi connectivity index (χ1) is 11.1.